The summed E-state index contributed by atoms with van der Waals surface area (Å²) in [4.78, 5) is 12.8. The molecule has 1 nitrogen and oxygen atoms in total. The first-order valence-corrected chi connectivity index (χ1v) is 4.21. The van der Waals surface area contributed by atoms with Gasteiger partial charge in [-0.2, -0.15) is 0 Å². The molecule has 11 heavy (non-hydrogen) atoms. The van der Waals surface area contributed by atoms with E-state index in [4.69, 9.17) is 0 Å². The van der Waals surface area contributed by atoms with Gasteiger partial charge in [-0.25, -0.2) is 0 Å². The third-order valence-electron chi connectivity index (χ3n) is 1.34. The molecular formula is C8H9FOS. The highest BCUT2D eigenvalue weighted by Crippen LogP contribution is 2.16. The lowest BCUT2D eigenvalue weighted by Crippen LogP contribution is -1.95. The van der Waals surface area contributed by atoms with Gasteiger partial charge < -0.3 is 0 Å². The van der Waals surface area contributed by atoms with Crippen LogP contribution < -0.4 is 0 Å². The standard InChI is InChI=1S/C8H9FOS/c1-6-2-3-8(11-6)7(10)4-5-9/h2-3H,4-5H2,1H3. The van der Waals surface area contributed by atoms with E-state index in [0.29, 0.717) is 4.88 Å². The number of Topliss-reactive ketones (excluding diaryl/α,β-unsaturated/α-hetero) is 1. The van der Waals surface area contributed by atoms with Crippen LogP contribution in [-0.4, -0.2) is 12.5 Å². The van der Waals surface area contributed by atoms with Crippen LogP contribution in [0.1, 0.15) is 21.0 Å². The van der Waals surface area contributed by atoms with Crippen molar-refractivity contribution in [3.8, 4) is 0 Å². The average Bonchev–Trinajstić information content (AvgIpc) is 2.36. The van der Waals surface area contributed by atoms with Gasteiger partial charge in [0.25, 0.3) is 0 Å². The zero-order valence-corrected chi connectivity index (χ0v) is 7.08. The highest BCUT2D eigenvalue weighted by atomic mass is 32.1. The van der Waals surface area contributed by atoms with Crippen molar-refractivity contribution in [2.75, 3.05) is 6.67 Å². The minimum Gasteiger partial charge on any atom is -0.293 e. The molecule has 0 unspecified atom stereocenters. The third-order valence-corrected chi connectivity index (χ3v) is 2.38. The van der Waals surface area contributed by atoms with E-state index in [1.807, 2.05) is 13.0 Å². The fraction of sp³-hybridized carbons (Fsp3) is 0.375. The van der Waals surface area contributed by atoms with Crippen molar-refractivity contribution in [2.24, 2.45) is 0 Å². The Morgan fingerprint density at radius 2 is 2.36 bits per heavy atom. The summed E-state index contributed by atoms with van der Waals surface area (Å²) < 4.78 is 11.7. The molecule has 60 valence electrons. The summed E-state index contributed by atoms with van der Waals surface area (Å²) in [6, 6.07) is 3.62. The highest BCUT2D eigenvalue weighted by molar-refractivity contribution is 7.14. The second kappa shape index (κ2) is 3.62. The molecule has 0 fully saturated rings. The van der Waals surface area contributed by atoms with Crippen molar-refractivity contribution in [2.45, 2.75) is 13.3 Å². The van der Waals surface area contributed by atoms with E-state index in [1.165, 1.54) is 11.3 Å². The van der Waals surface area contributed by atoms with Crippen LogP contribution in [0.5, 0.6) is 0 Å². The van der Waals surface area contributed by atoms with Gasteiger partial charge in [-0.1, -0.05) is 0 Å². The van der Waals surface area contributed by atoms with E-state index in [0.717, 1.165) is 4.88 Å². The van der Waals surface area contributed by atoms with Gasteiger partial charge in [-0.3, -0.25) is 9.18 Å². The summed E-state index contributed by atoms with van der Waals surface area (Å²) in [5, 5.41) is 0. The van der Waals surface area contributed by atoms with Crippen molar-refractivity contribution in [1.82, 2.24) is 0 Å². The van der Waals surface area contributed by atoms with Gasteiger partial charge in [0.05, 0.1) is 11.6 Å². The molecule has 0 spiro atoms. The smallest absolute Gasteiger partial charge is 0.175 e. The lowest BCUT2D eigenvalue weighted by Gasteiger charge is -1.89. The molecule has 0 aliphatic carbocycles. The fourth-order valence-electron chi connectivity index (χ4n) is 0.793. The Morgan fingerprint density at radius 3 is 2.82 bits per heavy atom. The predicted octanol–water partition coefficient (Wildman–Crippen LogP) is 2.60. The van der Waals surface area contributed by atoms with Crippen molar-refractivity contribution >= 4 is 17.1 Å². The SMILES string of the molecule is Cc1ccc(C(=O)CCF)s1. The van der Waals surface area contributed by atoms with E-state index < -0.39 is 6.67 Å². The van der Waals surface area contributed by atoms with Gasteiger partial charge in [0, 0.05) is 11.3 Å². The molecule has 0 atom stereocenters. The Hall–Kier alpha value is -0.700. The Morgan fingerprint density at radius 1 is 1.64 bits per heavy atom. The first kappa shape index (κ1) is 8.40. The quantitative estimate of drug-likeness (QED) is 0.640. The van der Waals surface area contributed by atoms with E-state index in [2.05, 4.69) is 0 Å². The van der Waals surface area contributed by atoms with Crippen LogP contribution in [0, 0.1) is 6.92 Å². The lowest BCUT2D eigenvalue weighted by molar-refractivity contribution is 0.0978. The molecule has 0 saturated carbocycles. The van der Waals surface area contributed by atoms with Crippen LogP contribution in [0.2, 0.25) is 0 Å². The zero-order valence-electron chi connectivity index (χ0n) is 6.26. The van der Waals surface area contributed by atoms with E-state index >= 15 is 0 Å². The predicted molar refractivity (Wildman–Crippen MR) is 44.0 cm³/mol. The van der Waals surface area contributed by atoms with E-state index in [9.17, 15) is 9.18 Å². The summed E-state index contributed by atoms with van der Waals surface area (Å²) in [5.41, 5.74) is 0. The molecule has 0 amide bonds. The minimum atomic E-state index is -0.560. The molecule has 1 rings (SSSR count). The zero-order chi connectivity index (χ0) is 8.27. The van der Waals surface area contributed by atoms with E-state index in [1.54, 1.807) is 6.07 Å². The normalized spacial score (nSPS) is 10.0. The largest absolute Gasteiger partial charge is 0.293 e. The van der Waals surface area contributed by atoms with Crippen molar-refractivity contribution in [1.29, 1.82) is 0 Å². The third kappa shape index (κ3) is 2.12. The van der Waals surface area contributed by atoms with Crippen molar-refractivity contribution in [3.05, 3.63) is 21.9 Å². The Balaban J connectivity index is 2.69. The van der Waals surface area contributed by atoms with Crippen LogP contribution in [0.3, 0.4) is 0 Å². The fourth-order valence-corrected chi connectivity index (χ4v) is 1.63. The van der Waals surface area contributed by atoms with Gasteiger partial charge in [-0.05, 0) is 19.1 Å². The second-order valence-electron chi connectivity index (χ2n) is 2.27. The second-order valence-corrected chi connectivity index (χ2v) is 3.56. The molecular weight excluding hydrogens is 163 g/mol. The van der Waals surface area contributed by atoms with Gasteiger partial charge in [0.15, 0.2) is 5.78 Å². The Labute approximate surface area is 68.9 Å². The van der Waals surface area contributed by atoms with Gasteiger partial charge in [0.2, 0.25) is 0 Å². The Kier molecular flexibility index (Phi) is 2.76. The maximum atomic E-state index is 11.7. The molecule has 3 heteroatoms. The number of ketones is 1. The number of alkyl halides is 1. The van der Waals surface area contributed by atoms with Crippen LogP contribution in [0.15, 0.2) is 12.1 Å². The molecule has 0 aliphatic heterocycles. The van der Waals surface area contributed by atoms with Crippen LogP contribution in [-0.2, 0) is 0 Å². The molecule has 1 aromatic rings. The lowest BCUT2D eigenvalue weighted by atomic mass is 10.2. The number of hydrogen-bond acceptors (Lipinski definition) is 2. The van der Waals surface area contributed by atoms with Gasteiger partial charge in [-0.15, -0.1) is 11.3 Å². The topological polar surface area (TPSA) is 17.1 Å². The average molecular weight is 172 g/mol. The van der Waals surface area contributed by atoms with Crippen LogP contribution >= 0.6 is 11.3 Å². The number of carbonyl (C=O) groups is 1. The van der Waals surface area contributed by atoms with Crippen LogP contribution in [0.4, 0.5) is 4.39 Å². The van der Waals surface area contributed by atoms with Crippen molar-refractivity contribution in [3.63, 3.8) is 0 Å². The van der Waals surface area contributed by atoms with E-state index in [-0.39, 0.29) is 12.2 Å². The van der Waals surface area contributed by atoms with Gasteiger partial charge in [0.1, 0.15) is 0 Å². The van der Waals surface area contributed by atoms with Crippen molar-refractivity contribution < 1.29 is 9.18 Å². The van der Waals surface area contributed by atoms with Crippen LogP contribution in [0.25, 0.3) is 0 Å². The number of rotatable bonds is 3. The highest BCUT2D eigenvalue weighted by Gasteiger charge is 2.06. The molecule has 1 aromatic heterocycles. The minimum absolute atomic E-state index is 0.0138. The number of carbonyl (C=O) groups excluding carboxylic acids is 1. The summed E-state index contributed by atoms with van der Waals surface area (Å²) in [5.74, 6) is -0.0920. The summed E-state index contributed by atoms with van der Waals surface area (Å²) in [6.07, 6.45) is 0.0138. The molecule has 0 bridgehead atoms. The molecule has 0 N–H and O–H groups in total. The molecule has 1 heterocycles. The summed E-state index contributed by atoms with van der Waals surface area (Å²) in [7, 11) is 0. The monoisotopic (exact) mass is 172 g/mol. The summed E-state index contributed by atoms with van der Waals surface area (Å²) in [6.45, 7) is 1.37. The molecule has 0 aliphatic rings. The number of thiophene rings is 1. The molecule has 0 radical (unpaired) electrons. The summed E-state index contributed by atoms with van der Waals surface area (Å²) >= 11 is 1.42. The number of halogens is 1. The molecule has 0 aromatic carbocycles. The Bertz CT molecular complexity index is 254. The number of hydrogen-bond donors (Lipinski definition) is 0. The number of aryl methyl sites for hydroxylation is 1. The first-order valence-electron chi connectivity index (χ1n) is 3.39. The first-order chi connectivity index (χ1) is 5.24. The molecule has 0 saturated heterocycles. The van der Waals surface area contributed by atoms with Gasteiger partial charge >= 0.3 is 0 Å². The maximum Gasteiger partial charge on any atom is 0.175 e. The maximum absolute atomic E-state index is 11.7.